The maximum atomic E-state index is 10.3. The number of para-hydroxylation sites is 1. The molecule has 0 aliphatic carbocycles. The van der Waals surface area contributed by atoms with Crippen LogP contribution in [0.25, 0.3) is 0 Å². The molecule has 0 unspecified atom stereocenters. The smallest absolute Gasteiger partial charge is 0.454 e. The Hall–Kier alpha value is -1.45. The van der Waals surface area contributed by atoms with E-state index >= 15 is 0 Å². The third kappa shape index (κ3) is 4.02. The van der Waals surface area contributed by atoms with Crippen LogP contribution in [0.15, 0.2) is 46.8 Å². The van der Waals surface area contributed by atoms with Crippen molar-refractivity contribution in [3.63, 3.8) is 0 Å². The standard InChI is InChI=1S/C16H20N2O2.Ir/c1-11-14(13(19)10-16(2,3)4)15(20)18(17-11)12-8-6-5-7-9-12;/h5-9,19H,10H2,1-4H3;/p+1/b14-13-;. The summed E-state index contributed by atoms with van der Waals surface area (Å²) >= 11 is 0. The summed E-state index contributed by atoms with van der Waals surface area (Å²) < 4.78 is 0. The summed E-state index contributed by atoms with van der Waals surface area (Å²) in [4.78, 5) is 10.3. The number of amides is 1. The predicted molar refractivity (Wildman–Crippen MR) is 82.7 cm³/mol. The number of benzene rings is 1. The van der Waals surface area contributed by atoms with E-state index < -0.39 is 0 Å². The third-order valence-electron chi connectivity index (χ3n) is 3.02. The van der Waals surface area contributed by atoms with E-state index in [1.807, 2.05) is 51.1 Å². The second kappa shape index (κ2) is 6.54. The minimum atomic E-state index is -0.0577. The largest absolute Gasteiger partial charge is 0.511 e. The molecule has 1 radical (unpaired) electrons. The Morgan fingerprint density at radius 3 is 2.33 bits per heavy atom. The first-order chi connectivity index (χ1) is 9.29. The van der Waals surface area contributed by atoms with Crippen LogP contribution >= 0.6 is 0 Å². The molecular formula is C16H21IrN2O2+. The summed E-state index contributed by atoms with van der Waals surface area (Å²) in [6.07, 6.45) is 0.488. The van der Waals surface area contributed by atoms with Crippen molar-refractivity contribution in [1.29, 1.82) is 0 Å². The molecule has 0 fully saturated rings. The Morgan fingerprint density at radius 1 is 1.24 bits per heavy atom. The molecule has 0 bridgehead atoms. The zero-order valence-corrected chi connectivity index (χ0v) is 15.1. The summed E-state index contributed by atoms with van der Waals surface area (Å²) in [7, 11) is 0. The van der Waals surface area contributed by atoms with Crippen LogP contribution in [0, 0.1) is 5.41 Å². The second-order valence-electron chi connectivity index (χ2n) is 6.22. The topological polar surface area (TPSA) is 57.2 Å². The van der Waals surface area contributed by atoms with E-state index in [4.69, 9.17) is 0 Å². The number of rotatable bonds is 2. The average molecular weight is 466 g/mol. The van der Waals surface area contributed by atoms with Gasteiger partial charge in [0.15, 0.2) is 5.57 Å². The molecule has 1 aromatic carbocycles. The molecule has 2 rings (SSSR count). The van der Waals surface area contributed by atoms with Crippen molar-refractivity contribution in [2.45, 2.75) is 34.1 Å². The summed E-state index contributed by atoms with van der Waals surface area (Å²) in [5.74, 6) is 0.158. The number of anilines is 1. The normalized spacial score (nSPS) is 17.4. The molecule has 21 heavy (non-hydrogen) atoms. The van der Waals surface area contributed by atoms with E-state index in [1.165, 1.54) is 5.01 Å². The van der Waals surface area contributed by atoms with Crippen molar-refractivity contribution >= 4 is 17.3 Å². The molecule has 4 nitrogen and oxygen atoms in total. The molecule has 1 aromatic rings. The minimum absolute atomic E-state index is 0. The van der Waals surface area contributed by atoms with E-state index in [0.717, 1.165) is 5.69 Å². The van der Waals surface area contributed by atoms with Crippen LogP contribution < -0.4 is 5.01 Å². The molecule has 1 amide bonds. The predicted octanol–water partition coefficient (Wildman–Crippen LogP) is 3.63. The Bertz CT molecular complexity index is 586. The van der Waals surface area contributed by atoms with Gasteiger partial charge in [0, 0.05) is 26.5 Å². The fraction of sp³-hybridized carbons (Fsp3) is 0.375. The van der Waals surface area contributed by atoms with Crippen LogP contribution in [0.3, 0.4) is 0 Å². The van der Waals surface area contributed by atoms with Gasteiger partial charge in [-0.3, -0.25) is 4.79 Å². The molecule has 1 aliphatic rings. The Labute approximate surface area is 138 Å². The van der Waals surface area contributed by atoms with E-state index in [0.29, 0.717) is 17.7 Å². The fourth-order valence-electron chi connectivity index (χ4n) is 2.19. The Kier molecular flexibility index (Phi) is 5.48. The SMILES string of the molecule is CC1=NN(c2ccccc2)C(=[OH+])/C1=C(\O)CC(C)(C)C.[Ir]. The van der Waals surface area contributed by atoms with Crippen LogP contribution in [0.5, 0.6) is 0 Å². The summed E-state index contributed by atoms with van der Waals surface area (Å²) in [5, 5.41) is 16.0. The molecule has 1 aliphatic heterocycles. The van der Waals surface area contributed by atoms with Gasteiger partial charge >= 0.3 is 5.91 Å². The van der Waals surface area contributed by atoms with Crippen molar-refractivity contribution in [2.75, 3.05) is 5.01 Å². The van der Waals surface area contributed by atoms with Crippen molar-refractivity contribution < 1.29 is 30.0 Å². The minimum Gasteiger partial charge on any atom is -0.511 e. The number of hydrazone groups is 1. The summed E-state index contributed by atoms with van der Waals surface area (Å²) in [6.45, 7) is 7.90. The maximum Gasteiger partial charge on any atom is 0.454 e. The number of nitrogens with zero attached hydrogens (tertiary/aromatic N) is 2. The van der Waals surface area contributed by atoms with Crippen molar-refractivity contribution in [1.82, 2.24) is 0 Å². The van der Waals surface area contributed by atoms with Crippen molar-refractivity contribution in [3.8, 4) is 0 Å². The first-order valence-electron chi connectivity index (χ1n) is 6.69. The molecule has 0 saturated carbocycles. The number of carbonyl (C=O) groups excluding carboxylic acids is 1. The van der Waals surface area contributed by atoms with Gasteiger partial charge in [0.1, 0.15) is 5.76 Å². The molecular weight excluding hydrogens is 444 g/mol. The van der Waals surface area contributed by atoms with E-state index in [1.54, 1.807) is 6.92 Å². The Morgan fingerprint density at radius 2 is 1.81 bits per heavy atom. The number of hydrogen-bond acceptors (Lipinski definition) is 2. The molecule has 0 spiro atoms. The molecule has 0 atom stereocenters. The van der Waals surface area contributed by atoms with Crippen molar-refractivity contribution in [2.24, 2.45) is 10.5 Å². The monoisotopic (exact) mass is 466 g/mol. The van der Waals surface area contributed by atoms with Gasteiger partial charge in [0.25, 0.3) is 0 Å². The van der Waals surface area contributed by atoms with Crippen molar-refractivity contribution in [3.05, 3.63) is 41.7 Å². The van der Waals surface area contributed by atoms with Gasteiger partial charge in [-0.05, 0) is 24.5 Å². The van der Waals surface area contributed by atoms with Crippen LogP contribution in [0.1, 0.15) is 34.1 Å². The first kappa shape index (κ1) is 17.6. The molecule has 1 heterocycles. The zero-order valence-electron chi connectivity index (χ0n) is 12.7. The van der Waals surface area contributed by atoms with Gasteiger partial charge in [-0.15, -0.1) is 5.01 Å². The van der Waals surface area contributed by atoms with Crippen LogP contribution in [-0.4, -0.2) is 21.5 Å². The summed E-state index contributed by atoms with van der Waals surface area (Å²) in [6, 6.07) is 9.38. The fourth-order valence-corrected chi connectivity index (χ4v) is 2.19. The van der Waals surface area contributed by atoms with Gasteiger partial charge in [-0.25, -0.2) is 0 Å². The quantitative estimate of drug-likeness (QED) is 0.405. The number of hydrogen-bond donors (Lipinski definition) is 1. The summed E-state index contributed by atoms with van der Waals surface area (Å²) in [5.41, 5.74) is 1.76. The van der Waals surface area contributed by atoms with E-state index in [-0.39, 0.29) is 37.2 Å². The third-order valence-corrected chi connectivity index (χ3v) is 3.02. The van der Waals surface area contributed by atoms with Gasteiger partial charge in [0.2, 0.25) is 0 Å². The molecule has 115 valence electrons. The second-order valence-corrected chi connectivity index (χ2v) is 6.22. The van der Waals surface area contributed by atoms with Crippen LogP contribution in [0.4, 0.5) is 5.69 Å². The molecule has 2 N–H and O–H groups in total. The number of aliphatic hydroxyl groups excluding tert-OH is 1. The first-order valence-corrected chi connectivity index (χ1v) is 6.69. The average Bonchev–Trinajstić information content (AvgIpc) is 2.64. The van der Waals surface area contributed by atoms with Gasteiger partial charge in [-0.2, -0.15) is 5.10 Å². The maximum absolute atomic E-state index is 10.3. The Balaban J connectivity index is 0.00000220. The van der Waals surface area contributed by atoms with Gasteiger partial charge in [0.05, 0.1) is 11.4 Å². The number of allylic oxidation sites excluding steroid dienone is 1. The van der Waals surface area contributed by atoms with Crippen LogP contribution in [0.2, 0.25) is 0 Å². The molecule has 5 heteroatoms. The molecule has 0 aromatic heterocycles. The van der Waals surface area contributed by atoms with E-state index in [9.17, 15) is 9.90 Å². The van der Waals surface area contributed by atoms with Crippen LogP contribution in [-0.2, 0) is 20.1 Å². The zero-order chi connectivity index (χ0) is 14.9. The van der Waals surface area contributed by atoms with Gasteiger partial charge < -0.3 is 5.11 Å². The van der Waals surface area contributed by atoms with E-state index in [2.05, 4.69) is 5.10 Å². The molecule has 0 saturated heterocycles. The van der Waals surface area contributed by atoms with Gasteiger partial charge in [-0.1, -0.05) is 39.0 Å². The number of aliphatic hydroxyl groups is 1.